The van der Waals surface area contributed by atoms with Gasteiger partial charge >= 0.3 is 0 Å². The van der Waals surface area contributed by atoms with Gasteiger partial charge < -0.3 is 0 Å². The largest absolute Gasteiger partial charge is 0.249 e. The maximum atomic E-state index is 8.54. The molecule has 2 heteroatoms. The topological polar surface area (TPSA) is 0 Å². The Hall–Kier alpha value is -4.17. The van der Waals surface area contributed by atoms with Crippen molar-refractivity contribution in [2.24, 2.45) is 0 Å². The summed E-state index contributed by atoms with van der Waals surface area (Å²) in [5.74, 6) is 0. The van der Waals surface area contributed by atoms with E-state index in [0.29, 0.717) is 0 Å². The molecule has 0 bridgehead atoms. The van der Waals surface area contributed by atoms with Crippen LogP contribution in [0.15, 0.2) is 146 Å². The van der Waals surface area contributed by atoms with E-state index in [9.17, 15) is 0 Å². The molecule has 0 saturated heterocycles. The zero-order valence-corrected chi connectivity index (χ0v) is 25.5. The van der Waals surface area contributed by atoms with E-state index in [1.54, 1.807) is 0 Å². The van der Waals surface area contributed by atoms with Gasteiger partial charge in [0.2, 0.25) is 7.38 Å². The van der Waals surface area contributed by atoms with Crippen molar-refractivity contribution in [3.05, 3.63) is 162 Å². The van der Waals surface area contributed by atoms with E-state index in [0.717, 1.165) is 0 Å². The zero-order chi connectivity index (χ0) is 28.4. The molecule has 0 unspecified atom stereocenters. The summed E-state index contributed by atoms with van der Waals surface area (Å²) in [6.45, 7) is 6.52. The normalized spacial score (nSPS) is 11.4. The number of rotatable bonds is 6. The van der Waals surface area contributed by atoms with Gasteiger partial charge in [0.25, 0.3) is 0 Å². The lowest BCUT2D eigenvalue weighted by Crippen LogP contribution is -2.64. The predicted molar refractivity (Wildman–Crippen MR) is 180 cm³/mol. The lowest BCUT2D eigenvalue weighted by molar-refractivity contribution is 1.47. The number of benzene rings is 6. The Morgan fingerprint density at radius 2 is 0.634 bits per heavy atom. The number of hydrogen-bond acceptors (Lipinski definition) is 0. The summed E-state index contributed by atoms with van der Waals surface area (Å²) in [6, 6.07) is 52.5. The minimum atomic E-state index is -3.18. The van der Waals surface area contributed by atoms with Crippen molar-refractivity contribution in [1.29, 1.82) is 0 Å². The summed E-state index contributed by atoms with van der Waals surface area (Å²) in [6.07, 6.45) is 0. The van der Waals surface area contributed by atoms with E-state index in [1.165, 1.54) is 65.6 Å². The van der Waals surface area contributed by atoms with Gasteiger partial charge in [0.05, 0.1) is 0 Å². The molecule has 0 radical (unpaired) electrons. The Kier molecular flexibility index (Phi) is 7.49. The molecule has 41 heavy (non-hydrogen) atoms. The van der Waals surface area contributed by atoms with Crippen molar-refractivity contribution in [3.8, 4) is 33.4 Å². The molecule has 0 fully saturated rings. The van der Waals surface area contributed by atoms with Crippen molar-refractivity contribution in [2.45, 2.75) is 20.8 Å². The first-order valence-electron chi connectivity index (χ1n) is 14.1. The number of halogens is 1. The second-order valence-electron chi connectivity index (χ2n) is 10.9. The van der Waals surface area contributed by atoms with Gasteiger partial charge in [-0.1, -0.05) is 162 Å². The molecule has 6 rings (SSSR count). The van der Waals surface area contributed by atoms with E-state index in [2.05, 4.69) is 166 Å². The second kappa shape index (κ2) is 11.4. The molecular weight excluding hydrogens is 532 g/mol. The van der Waals surface area contributed by atoms with E-state index in [-0.39, 0.29) is 0 Å². The third-order valence-corrected chi connectivity index (χ3v) is 13.2. The maximum Gasteiger partial charge on any atom is 0.249 e. The highest BCUT2D eigenvalue weighted by Gasteiger charge is 2.43. The highest BCUT2D eigenvalue weighted by atomic mass is 35.6. The molecule has 0 amide bonds. The van der Waals surface area contributed by atoms with Crippen LogP contribution in [0.1, 0.15) is 16.7 Å². The Morgan fingerprint density at radius 1 is 0.366 bits per heavy atom. The van der Waals surface area contributed by atoms with E-state index < -0.39 is 7.38 Å². The fraction of sp³-hybridized carbons (Fsp3) is 0.0769. The van der Waals surface area contributed by atoms with Crippen molar-refractivity contribution in [3.63, 3.8) is 0 Å². The van der Waals surface area contributed by atoms with Crippen LogP contribution >= 0.6 is 11.1 Å². The molecular formula is C39H33ClSi. The fourth-order valence-corrected chi connectivity index (χ4v) is 11.2. The Labute approximate surface area is 249 Å². The van der Waals surface area contributed by atoms with Gasteiger partial charge in [0.15, 0.2) is 0 Å². The molecule has 0 atom stereocenters. The van der Waals surface area contributed by atoms with E-state index >= 15 is 0 Å². The number of aryl methyl sites for hydroxylation is 3. The average Bonchev–Trinajstić information content (AvgIpc) is 3.02. The minimum Gasteiger partial charge on any atom is -0.149 e. The summed E-state index contributed by atoms with van der Waals surface area (Å²) in [5.41, 5.74) is 10.8. The van der Waals surface area contributed by atoms with E-state index in [1.807, 2.05) is 0 Å². The smallest absolute Gasteiger partial charge is 0.149 e. The maximum absolute atomic E-state index is 8.54. The molecule has 0 spiro atoms. The van der Waals surface area contributed by atoms with Gasteiger partial charge in [-0.05, 0) is 69.7 Å². The third-order valence-electron chi connectivity index (χ3n) is 7.89. The van der Waals surface area contributed by atoms with E-state index in [4.69, 9.17) is 11.1 Å². The molecule has 0 aliphatic rings. The van der Waals surface area contributed by atoms with Crippen molar-refractivity contribution in [2.75, 3.05) is 0 Å². The standard InChI is InChI=1S/C39H33ClSi/c1-28-19-22-34(31-13-7-4-8-14-31)37(25-28)41(40,38-26-29(2)20-23-35(38)32-15-9-5-10-16-32)39-27-30(3)21-24-36(39)33-17-11-6-12-18-33/h4-27H,1-3H3. The summed E-state index contributed by atoms with van der Waals surface area (Å²) in [7, 11) is -3.18. The highest BCUT2D eigenvalue weighted by Crippen LogP contribution is 2.31. The average molecular weight is 565 g/mol. The molecule has 200 valence electrons. The van der Waals surface area contributed by atoms with Crippen LogP contribution in [-0.2, 0) is 0 Å². The fourth-order valence-electron chi connectivity index (χ4n) is 5.87. The molecule has 0 N–H and O–H groups in total. The summed E-state index contributed by atoms with van der Waals surface area (Å²) < 4.78 is 0. The predicted octanol–water partition coefficient (Wildman–Crippen LogP) is 8.82. The first kappa shape index (κ1) is 27.0. The molecule has 6 aromatic carbocycles. The van der Waals surface area contributed by atoms with Gasteiger partial charge in [-0.2, -0.15) is 0 Å². The van der Waals surface area contributed by atoms with Crippen LogP contribution < -0.4 is 15.6 Å². The van der Waals surface area contributed by atoms with Gasteiger partial charge in [-0.25, -0.2) is 0 Å². The Morgan fingerprint density at radius 3 is 0.902 bits per heavy atom. The van der Waals surface area contributed by atoms with Crippen LogP contribution in [0.25, 0.3) is 33.4 Å². The lowest BCUT2D eigenvalue weighted by Gasteiger charge is -2.33. The first-order chi connectivity index (χ1) is 19.9. The second-order valence-corrected chi connectivity index (χ2v) is 15.5. The Bertz CT molecular complexity index is 1590. The monoisotopic (exact) mass is 564 g/mol. The lowest BCUT2D eigenvalue weighted by atomic mass is 10.0. The molecule has 0 aliphatic heterocycles. The van der Waals surface area contributed by atoms with Crippen molar-refractivity contribution in [1.82, 2.24) is 0 Å². The molecule has 0 saturated carbocycles. The quantitative estimate of drug-likeness (QED) is 0.108. The highest BCUT2D eigenvalue weighted by molar-refractivity contribution is 7.41. The molecule has 0 aliphatic carbocycles. The summed E-state index contributed by atoms with van der Waals surface area (Å²) in [5, 5.41) is 3.66. The van der Waals surface area contributed by atoms with Crippen molar-refractivity contribution >= 4 is 34.0 Å². The third kappa shape index (κ3) is 5.20. The van der Waals surface area contributed by atoms with Crippen LogP contribution in [0.3, 0.4) is 0 Å². The van der Waals surface area contributed by atoms with Gasteiger partial charge in [-0.15, -0.1) is 11.1 Å². The molecule has 0 nitrogen and oxygen atoms in total. The first-order valence-corrected chi connectivity index (χ1v) is 17.1. The van der Waals surface area contributed by atoms with Crippen LogP contribution in [0.5, 0.6) is 0 Å². The zero-order valence-electron chi connectivity index (χ0n) is 23.7. The minimum absolute atomic E-state index is 1.18. The van der Waals surface area contributed by atoms with Crippen LogP contribution in [-0.4, -0.2) is 7.38 Å². The summed E-state index contributed by atoms with van der Waals surface area (Å²) in [4.78, 5) is 0. The SMILES string of the molecule is Cc1ccc(-c2ccccc2)c([Si](Cl)(c2cc(C)ccc2-c2ccccc2)c2cc(C)ccc2-c2ccccc2)c1. The molecule has 6 aromatic rings. The van der Waals surface area contributed by atoms with Crippen molar-refractivity contribution < 1.29 is 0 Å². The van der Waals surface area contributed by atoms with Crippen LogP contribution in [0.2, 0.25) is 0 Å². The number of hydrogen-bond donors (Lipinski definition) is 0. The summed E-state index contributed by atoms with van der Waals surface area (Å²) >= 11 is 8.54. The van der Waals surface area contributed by atoms with Gasteiger partial charge in [-0.3, -0.25) is 0 Å². The van der Waals surface area contributed by atoms with Gasteiger partial charge in [0, 0.05) is 0 Å². The Balaban J connectivity index is 1.78. The molecule has 0 heterocycles. The van der Waals surface area contributed by atoms with Crippen LogP contribution in [0, 0.1) is 20.8 Å². The van der Waals surface area contributed by atoms with Crippen LogP contribution in [0.4, 0.5) is 0 Å². The molecule has 0 aromatic heterocycles. The van der Waals surface area contributed by atoms with Gasteiger partial charge in [0.1, 0.15) is 0 Å².